The Labute approximate surface area is 108 Å². The summed E-state index contributed by atoms with van der Waals surface area (Å²) in [6, 6.07) is 0. The fourth-order valence-electron chi connectivity index (χ4n) is 1.51. The third-order valence-corrected chi connectivity index (χ3v) is 3.50. The van der Waals surface area contributed by atoms with Crippen molar-refractivity contribution in [1.29, 1.82) is 0 Å². The van der Waals surface area contributed by atoms with Crippen LogP contribution in [0.1, 0.15) is 48.2 Å². The van der Waals surface area contributed by atoms with E-state index in [2.05, 4.69) is 44.5 Å². The molecule has 96 valence electrons. The first-order chi connectivity index (χ1) is 8.70. The largest absolute Gasteiger partial charge is 0.294 e. The number of aromatic amines is 1. The monoisotopic (exact) mass is 266 g/mol. The highest BCUT2D eigenvalue weighted by atomic mass is 32.1. The van der Waals surface area contributed by atoms with Gasteiger partial charge in [0.15, 0.2) is 0 Å². The van der Waals surface area contributed by atoms with E-state index in [4.69, 9.17) is 0 Å². The van der Waals surface area contributed by atoms with Crippen molar-refractivity contribution in [3.8, 4) is 0 Å². The van der Waals surface area contributed by atoms with Gasteiger partial charge in [0.2, 0.25) is 11.0 Å². The zero-order valence-corrected chi connectivity index (χ0v) is 11.0. The molecule has 0 aromatic carbocycles. The van der Waals surface area contributed by atoms with Crippen molar-refractivity contribution in [1.82, 2.24) is 25.4 Å². The molecule has 0 bridgehead atoms. The van der Waals surface area contributed by atoms with Gasteiger partial charge in [-0.2, -0.15) is 5.10 Å². The second-order valence-corrected chi connectivity index (χ2v) is 4.93. The molecule has 0 aliphatic heterocycles. The quantitative estimate of drug-likeness (QED) is 0.860. The lowest BCUT2D eigenvalue weighted by molar-refractivity contribution is 0.101. The van der Waals surface area contributed by atoms with Crippen LogP contribution >= 0.6 is 11.3 Å². The van der Waals surface area contributed by atoms with Gasteiger partial charge >= 0.3 is 0 Å². The Bertz CT molecular complexity index is 508. The normalized spacial score (nSPS) is 12.3. The van der Waals surface area contributed by atoms with E-state index < -0.39 is 0 Å². The van der Waals surface area contributed by atoms with Crippen LogP contribution in [0.4, 0.5) is 5.13 Å². The number of H-pyrrole nitrogens is 1. The highest BCUT2D eigenvalue weighted by Gasteiger charge is 2.15. The van der Waals surface area contributed by atoms with Crippen molar-refractivity contribution < 1.29 is 4.79 Å². The third kappa shape index (κ3) is 2.89. The van der Waals surface area contributed by atoms with Gasteiger partial charge in [-0.15, -0.1) is 10.2 Å². The van der Waals surface area contributed by atoms with Crippen LogP contribution in [0.15, 0.2) is 6.33 Å². The Morgan fingerprint density at radius 1 is 1.56 bits per heavy atom. The van der Waals surface area contributed by atoms with Crippen LogP contribution < -0.4 is 5.32 Å². The Hall–Kier alpha value is -1.83. The summed E-state index contributed by atoms with van der Waals surface area (Å²) in [6.45, 7) is 4.23. The number of nitrogens with zero attached hydrogens (tertiary/aromatic N) is 4. The van der Waals surface area contributed by atoms with Gasteiger partial charge in [0.05, 0.1) is 0 Å². The van der Waals surface area contributed by atoms with Crippen molar-refractivity contribution in [2.75, 3.05) is 5.32 Å². The minimum atomic E-state index is -0.363. The highest BCUT2D eigenvalue weighted by Crippen LogP contribution is 2.26. The Morgan fingerprint density at radius 2 is 2.39 bits per heavy atom. The van der Waals surface area contributed by atoms with Crippen molar-refractivity contribution in [3.63, 3.8) is 0 Å². The summed E-state index contributed by atoms with van der Waals surface area (Å²) in [5.41, 5.74) is 0. The van der Waals surface area contributed by atoms with Crippen molar-refractivity contribution >= 4 is 22.4 Å². The van der Waals surface area contributed by atoms with Crippen LogP contribution in [-0.4, -0.2) is 31.3 Å². The van der Waals surface area contributed by atoms with Gasteiger partial charge < -0.3 is 0 Å². The number of carbonyl (C=O) groups excluding carboxylic acids is 1. The molecule has 18 heavy (non-hydrogen) atoms. The van der Waals surface area contributed by atoms with Crippen LogP contribution in [0.5, 0.6) is 0 Å². The standard InChI is InChI=1S/C10H14N6OS/c1-3-4-6(2)9-15-16-10(18-9)13-8(17)7-11-5-12-14-7/h5-6H,3-4H2,1-2H3,(H,11,12,14)(H,13,16,17)/t6-/m1/s1. The Morgan fingerprint density at radius 3 is 3.06 bits per heavy atom. The fourth-order valence-corrected chi connectivity index (χ4v) is 2.34. The summed E-state index contributed by atoms with van der Waals surface area (Å²) in [5.74, 6) is 0.162. The number of aromatic nitrogens is 5. The summed E-state index contributed by atoms with van der Waals surface area (Å²) in [5, 5.41) is 18.2. The topological polar surface area (TPSA) is 96.5 Å². The van der Waals surface area contributed by atoms with Crippen molar-refractivity contribution in [2.24, 2.45) is 0 Å². The van der Waals surface area contributed by atoms with E-state index in [1.54, 1.807) is 0 Å². The van der Waals surface area contributed by atoms with Crippen molar-refractivity contribution in [2.45, 2.75) is 32.6 Å². The molecule has 8 heteroatoms. The summed E-state index contributed by atoms with van der Waals surface area (Å²) in [7, 11) is 0. The summed E-state index contributed by atoms with van der Waals surface area (Å²) >= 11 is 1.39. The number of anilines is 1. The number of amides is 1. The molecule has 2 aromatic heterocycles. The van der Waals surface area contributed by atoms with E-state index >= 15 is 0 Å². The molecule has 7 nitrogen and oxygen atoms in total. The predicted octanol–water partition coefficient (Wildman–Crippen LogP) is 1.81. The Kier molecular flexibility index (Phi) is 3.98. The van der Waals surface area contributed by atoms with E-state index in [1.807, 2.05) is 0 Å². The average Bonchev–Trinajstić information content (AvgIpc) is 2.99. The number of carbonyl (C=O) groups is 1. The maximum Gasteiger partial charge on any atom is 0.294 e. The summed E-state index contributed by atoms with van der Waals surface area (Å²) in [4.78, 5) is 15.4. The molecule has 1 atom stereocenters. The molecule has 1 amide bonds. The molecule has 0 aliphatic rings. The van der Waals surface area contributed by atoms with Gasteiger partial charge in [-0.3, -0.25) is 15.2 Å². The van der Waals surface area contributed by atoms with Crippen LogP contribution in [0.25, 0.3) is 0 Å². The lowest BCUT2D eigenvalue weighted by atomic mass is 10.1. The van der Waals surface area contributed by atoms with Crippen LogP contribution in [0.3, 0.4) is 0 Å². The number of hydrogen-bond donors (Lipinski definition) is 2. The fraction of sp³-hybridized carbons (Fsp3) is 0.500. The van der Waals surface area contributed by atoms with E-state index in [-0.39, 0.29) is 11.7 Å². The smallest absolute Gasteiger partial charge is 0.294 e. The Balaban J connectivity index is 2.00. The van der Waals surface area contributed by atoms with E-state index in [0.29, 0.717) is 11.0 Å². The van der Waals surface area contributed by atoms with E-state index in [9.17, 15) is 4.79 Å². The molecule has 2 heterocycles. The molecule has 0 fully saturated rings. The maximum absolute atomic E-state index is 11.7. The molecule has 2 aromatic rings. The van der Waals surface area contributed by atoms with E-state index in [0.717, 1.165) is 17.8 Å². The SMILES string of the molecule is CCC[C@@H](C)c1nnc(NC(=O)c2ncn[nH]2)s1. The highest BCUT2D eigenvalue weighted by molar-refractivity contribution is 7.15. The van der Waals surface area contributed by atoms with Crippen LogP contribution in [0.2, 0.25) is 0 Å². The van der Waals surface area contributed by atoms with Crippen molar-refractivity contribution in [3.05, 3.63) is 17.2 Å². The third-order valence-electron chi connectivity index (χ3n) is 2.43. The zero-order valence-electron chi connectivity index (χ0n) is 10.2. The maximum atomic E-state index is 11.7. The zero-order chi connectivity index (χ0) is 13.0. The lowest BCUT2D eigenvalue weighted by Crippen LogP contribution is -2.13. The molecule has 0 aliphatic carbocycles. The lowest BCUT2D eigenvalue weighted by Gasteiger charge is -2.03. The predicted molar refractivity (Wildman–Crippen MR) is 67.6 cm³/mol. The first-order valence-electron chi connectivity index (χ1n) is 5.70. The minimum absolute atomic E-state index is 0.161. The first-order valence-corrected chi connectivity index (χ1v) is 6.52. The average molecular weight is 266 g/mol. The van der Waals surface area contributed by atoms with Gasteiger partial charge in [-0.1, -0.05) is 31.6 Å². The molecule has 2 N–H and O–H groups in total. The molecule has 0 spiro atoms. The minimum Gasteiger partial charge on any atom is -0.294 e. The van der Waals surface area contributed by atoms with Gasteiger partial charge in [-0.05, 0) is 6.42 Å². The second kappa shape index (κ2) is 5.67. The molecule has 2 rings (SSSR count). The van der Waals surface area contributed by atoms with Crippen LogP contribution in [0, 0.1) is 0 Å². The van der Waals surface area contributed by atoms with Gasteiger partial charge in [0, 0.05) is 5.92 Å². The summed E-state index contributed by atoms with van der Waals surface area (Å²) < 4.78 is 0. The van der Waals surface area contributed by atoms with E-state index in [1.165, 1.54) is 17.7 Å². The molecule has 0 radical (unpaired) electrons. The molecule has 0 unspecified atom stereocenters. The van der Waals surface area contributed by atoms with Gasteiger partial charge in [0.25, 0.3) is 5.91 Å². The molecule has 0 saturated heterocycles. The van der Waals surface area contributed by atoms with Gasteiger partial charge in [0.1, 0.15) is 11.3 Å². The molecular weight excluding hydrogens is 252 g/mol. The first kappa shape index (κ1) is 12.6. The van der Waals surface area contributed by atoms with Crippen LogP contribution in [-0.2, 0) is 0 Å². The number of hydrogen-bond acceptors (Lipinski definition) is 6. The van der Waals surface area contributed by atoms with Gasteiger partial charge in [-0.25, -0.2) is 4.98 Å². The second-order valence-electron chi connectivity index (χ2n) is 3.92. The molecule has 0 saturated carbocycles. The number of rotatable bonds is 5. The summed E-state index contributed by atoms with van der Waals surface area (Å²) in [6.07, 6.45) is 3.44. The number of nitrogens with one attached hydrogen (secondary N) is 2. The molecular formula is C10H14N6OS.